The second kappa shape index (κ2) is 4.63. The first kappa shape index (κ1) is 11.1. The first-order valence-corrected chi connectivity index (χ1v) is 6.17. The standard InChI is InChI=1S/C10H12N4S2/c1-3-9-11-12-10(15)14(9)13-7(2)8-5-4-6-16-8/h4-6,13H,2-3H2,1H3,(H,12,15). The van der Waals surface area contributed by atoms with Crippen molar-refractivity contribution in [1.82, 2.24) is 14.9 Å². The summed E-state index contributed by atoms with van der Waals surface area (Å²) in [6.07, 6.45) is 0.803. The van der Waals surface area contributed by atoms with E-state index in [1.165, 1.54) is 0 Å². The minimum atomic E-state index is 0.551. The fourth-order valence-corrected chi connectivity index (χ4v) is 2.17. The zero-order chi connectivity index (χ0) is 11.5. The maximum atomic E-state index is 5.13. The van der Waals surface area contributed by atoms with E-state index in [9.17, 15) is 0 Å². The van der Waals surface area contributed by atoms with E-state index in [1.807, 2.05) is 24.4 Å². The number of H-pyrrole nitrogens is 1. The lowest BCUT2D eigenvalue weighted by atomic mass is 10.4. The summed E-state index contributed by atoms with van der Waals surface area (Å²) in [6, 6.07) is 4.00. The van der Waals surface area contributed by atoms with E-state index in [-0.39, 0.29) is 0 Å². The highest BCUT2D eigenvalue weighted by atomic mass is 32.1. The molecular weight excluding hydrogens is 240 g/mol. The molecule has 2 aromatic rings. The van der Waals surface area contributed by atoms with Crippen molar-refractivity contribution in [3.63, 3.8) is 0 Å². The Bertz CT molecular complexity index is 535. The molecule has 2 rings (SSSR count). The van der Waals surface area contributed by atoms with Gasteiger partial charge in [0, 0.05) is 6.42 Å². The number of aromatic nitrogens is 3. The monoisotopic (exact) mass is 252 g/mol. The molecule has 0 saturated heterocycles. The molecule has 0 bridgehead atoms. The maximum Gasteiger partial charge on any atom is 0.214 e. The van der Waals surface area contributed by atoms with Gasteiger partial charge >= 0.3 is 0 Å². The van der Waals surface area contributed by atoms with Gasteiger partial charge in [0.1, 0.15) is 0 Å². The summed E-state index contributed by atoms with van der Waals surface area (Å²) in [5.74, 6) is 0.864. The number of thiophene rings is 1. The summed E-state index contributed by atoms with van der Waals surface area (Å²) in [7, 11) is 0. The third-order valence-electron chi connectivity index (χ3n) is 2.12. The van der Waals surface area contributed by atoms with E-state index in [0.29, 0.717) is 4.77 Å². The molecule has 0 atom stereocenters. The van der Waals surface area contributed by atoms with E-state index in [1.54, 1.807) is 16.0 Å². The molecule has 0 radical (unpaired) electrons. The highest BCUT2D eigenvalue weighted by Crippen LogP contribution is 2.17. The van der Waals surface area contributed by atoms with Gasteiger partial charge < -0.3 is 0 Å². The smallest absolute Gasteiger partial charge is 0.214 e. The number of aryl methyl sites for hydroxylation is 1. The lowest BCUT2D eigenvalue weighted by Gasteiger charge is -2.09. The third kappa shape index (κ3) is 2.07. The molecule has 84 valence electrons. The SMILES string of the molecule is C=C(Nn1c(CC)n[nH]c1=S)c1cccs1. The van der Waals surface area contributed by atoms with Gasteiger partial charge in [-0.1, -0.05) is 19.6 Å². The minimum Gasteiger partial charge on any atom is -0.290 e. The minimum absolute atomic E-state index is 0.551. The predicted molar refractivity (Wildman–Crippen MR) is 69.5 cm³/mol. The van der Waals surface area contributed by atoms with Crippen molar-refractivity contribution in [1.29, 1.82) is 0 Å². The number of hydrogen-bond donors (Lipinski definition) is 2. The Morgan fingerprint density at radius 3 is 3.19 bits per heavy atom. The molecular formula is C10H12N4S2. The maximum absolute atomic E-state index is 5.13. The van der Waals surface area contributed by atoms with Crippen LogP contribution in [0, 0.1) is 4.77 Å². The van der Waals surface area contributed by atoms with Gasteiger partial charge in [-0.05, 0) is 23.7 Å². The van der Waals surface area contributed by atoms with Crippen LogP contribution in [0.25, 0.3) is 5.70 Å². The Hall–Kier alpha value is -1.40. The molecule has 0 aliphatic rings. The van der Waals surface area contributed by atoms with E-state index in [4.69, 9.17) is 12.2 Å². The van der Waals surface area contributed by atoms with E-state index in [2.05, 4.69) is 22.2 Å². The zero-order valence-electron chi connectivity index (χ0n) is 8.86. The molecule has 4 nitrogen and oxygen atoms in total. The molecule has 0 spiro atoms. The topological polar surface area (TPSA) is 45.6 Å². The normalized spacial score (nSPS) is 10.3. The van der Waals surface area contributed by atoms with Gasteiger partial charge in [0.05, 0.1) is 10.6 Å². The van der Waals surface area contributed by atoms with Gasteiger partial charge in [-0.3, -0.25) is 10.5 Å². The number of nitrogens with one attached hydrogen (secondary N) is 2. The predicted octanol–water partition coefficient (Wildman–Crippen LogP) is 2.78. The van der Waals surface area contributed by atoms with E-state index < -0.39 is 0 Å². The van der Waals surface area contributed by atoms with Crippen molar-refractivity contribution >= 4 is 29.3 Å². The highest BCUT2D eigenvalue weighted by Gasteiger charge is 2.06. The van der Waals surface area contributed by atoms with Gasteiger partial charge in [0.15, 0.2) is 5.82 Å². The Kier molecular flexibility index (Phi) is 3.21. The van der Waals surface area contributed by atoms with Crippen LogP contribution in [0.1, 0.15) is 17.6 Å². The van der Waals surface area contributed by atoms with E-state index in [0.717, 1.165) is 22.8 Å². The van der Waals surface area contributed by atoms with Crippen LogP contribution in [-0.4, -0.2) is 14.9 Å². The number of aromatic amines is 1. The lowest BCUT2D eigenvalue weighted by Crippen LogP contribution is -2.15. The first-order chi connectivity index (χ1) is 7.72. The molecule has 6 heteroatoms. The quantitative estimate of drug-likeness (QED) is 0.822. The molecule has 0 amide bonds. The summed E-state index contributed by atoms with van der Waals surface area (Å²) in [4.78, 5) is 1.09. The Morgan fingerprint density at radius 2 is 2.56 bits per heavy atom. The van der Waals surface area contributed by atoms with Crippen LogP contribution < -0.4 is 5.43 Å². The van der Waals surface area contributed by atoms with Crippen LogP contribution in [0.5, 0.6) is 0 Å². The molecule has 2 heterocycles. The van der Waals surface area contributed by atoms with Crippen LogP contribution in [-0.2, 0) is 6.42 Å². The Balaban J connectivity index is 2.24. The van der Waals surface area contributed by atoms with Crippen molar-refractivity contribution in [3.8, 4) is 0 Å². The Labute approximate surface area is 103 Å². The zero-order valence-corrected chi connectivity index (χ0v) is 10.5. The van der Waals surface area contributed by atoms with Crippen LogP contribution in [0.15, 0.2) is 24.1 Å². The summed E-state index contributed by atoms with van der Waals surface area (Å²) in [5, 5.41) is 8.88. The average Bonchev–Trinajstić information content (AvgIpc) is 2.89. The average molecular weight is 252 g/mol. The second-order valence-corrected chi connectivity index (χ2v) is 4.54. The van der Waals surface area contributed by atoms with E-state index >= 15 is 0 Å². The largest absolute Gasteiger partial charge is 0.290 e. The summed E-state index contributed by atoms with van der Waals surface area (Å²) in [5.41, 5.74) is 3.97. The summed E-state index contributed by atoms with van der Waals surface area (Å²) < 4.78 is 2.30. The van der Waals surface area contributed by atoms with Gasteiger partial charge in [0.25, 0.3) is 0 Å². The Morgan fingerprint density at radius 1 is 1.75 bits per heavy atom. The summed E-state index contributed by atoms with van der Waals surface area (Å²) in [6.45, 7) is 6.00. The van der Waals surface area contributed by atoms with Gasteiger partial charge in [-0.2, -0.15) is 5.10 Å². The molecule has 0 saturated carbocycles. The fraction of sp³-hybridized carbons (Fsp3) is 0.200. The van der Waals surface area contributed by atoms with Gasteiger partial charge in [-0.25, -0.2) is 4.68 Å². The van der Waals surface area contributed by atoms with Crippen molar-refractivity contribution in [2.45, 2.75) is 13.3 Å². The molecule has 0 aliphatic carbocycles. The van der Waals surface area contributed by atoms with Gasteiger partial charge in [-0.15, -0.1) is 11.3 Å². The van der Waals surface area contributed by atoms with Crippen LogP contribution in [0.2, 0.25) is 0 Å². The molecule has 0 unspecified atom stereocenters. The number of rotatable bonds is 4. The van der Waals surface area contributed by atoms with Crippen molar-refractivity contribution in [2.75, 3.05) is 5.43 Å². The number of hydrogen-bond acceptors (Lipinski definition) is 4. The third-order valence-corrected chi connectivity index (χ3v) is 3.33. The molecule has 0 aromatic carbocycles. The van der Waals surface area contributed by atoms with Crippen molar-refractivity contribution < 1.29 is 0 Å². The van der Waals surface area contributed by atoms with Crippen LogP contribution in [0.3, 0.4) is 0 Å². The second-order valence-electron chi connectivity index (χ2n) is 3.20. The molecule has 2 N–H and O–H groups in total. The first-order valence-electron chi connectivity index (χ1n) is 4.88. The van der Waals surface area contributed by atoms with Crippen molar-refractivity contribution in [2.24, 2.45) is 0 Å². The molecule has 16 heavy (non-hydrogen) atoms. The van der Waals surface area contributed by atoms with Crippen LogP contribution >= 0.6 is 23.6 Å². The van der Waals surface area contributed by atoms with Crippen molar-refractivity contribution in [3.05, 3.63) is 39.6 Å². The molecule has 2 aromatic heterocycles. The van der Waals surface area contributed by atoms with Gasteiger partial charge in [0.2, 0.25) is 4.77 Å². The molecule has 0 fully saturated rings. The fourth-order valence-electron chi connectivity index (χ4n) is 1.32. The van der Waals surface area contributed by atoms with Crippen LogP contribution in [0.4, 0.5) is 0 Å². The molecule has 0 aliphatic heterocycles. The summed E-state index contributed by atoms with van der Waals surface area (Å²) >= 11 is 6.76. The lowest BCUT2D eigenvalue weighted by molar-refractivity contribution is 0.832. The number of nitrogens with zero attached hydrogens (tertiary/aromatic N) is 2. The highest BCUT2D eigenvalue weighted by molar-refractivity contribution is 7.71.